The van der Waals surface area contributed by atoms with E-state index in [9.17, 15) is 9.59 Å². The predicted molar refractivity (Wildman–Crippen MR) is 109 cm³/mol. The Morgan fingerprint density at radius 1 is 1.07 bits per heavy atom. The summed E-state index contributed by atoms with van der Waals surface area (Å²) in [5, 5.41) is 3.65. The molecule has 0 fully saturated rings. The van der Waals surface area contributed by atoms with Crippen LogP contribution >= 0.6 is 22.9 Å². The lowest BCUT2D eigenvalue weighted by molar-refractivity contribution is 0.0601. The molecule has 1 amide bonds. The molecular formula is C21H18ClNO3S. The standard InChI is InChI=1S/C21H18ClNO3S/c1-13-17(12-14-8-4-3-5-9-14)27-20(18(13)21(25)26-2)23-19(24)15-10-6-7-11-16(15)22/h3-11H,12H2,1-2H3,(H,23,24). The minimum Gasteiger partial charge on any atom is -0.465 e. The average molecular weight is 400 g/mol. The van der Waals surface area contributed by atoms with Gasteiger partial charge in [0.15, 0.2) is 0 Å². The molecule has 3 rings (SSSR count). The van der Waals surface area contributed by atoms with Crippen LogP contribution in [-0.4, -0.2) is 19.0 Å². The Balaban J connectivity index is 1.96. The molecule has 1 heterocycles. The van der Waals surface area contributed by atoms with Crippen LogP contribution in [0.3, 0.4) is 0 Å². The van der Waals surface area contributed by atoms with Crippen LogP contribution in [0.5, 0.6) is 0 Å². The van der Waals surface area contributed by atoms with Crippen molar-refractivity contribution in [3.05, 3.63) is 86.8 Å². The Kier molecular flexibility index (Phi) is 5.94. The highest BCUT2D eigenvalue weighted by Crippen LogP contribution is 2.35. The number of methoxy groups -OCH3 is 1. The van der Waals surface area contributed by atoms with E-state index in [4.69, 9.17) is 16.3 Å². The molecule has 0 aliphatic heterocycles. The summed E-state index contributed by atoms with van der Waals surface area (Å²) in [6.45, 7) is 1.87. The second-order valence-electron chi connectivity index (χ2n) is 5.94. The largest absolute Gasteiger partial charge is 0.465 e. The van der Waals surface area contributed by atoms with Gasteiger partial charge in [-0.3, -0.25) is 4.79 Å². The van der Waals surface area contributed by atoms with Crippen LogP contribution in [0.2, 0.25) is 5.02 Å². The van der Waals surface area contributed by atoms with E-state index < -0.39 is 5.97 Å². The number of ether oxygens (including phenoxy) is 1. The van der Waals surface area contributed by atoms with Gasteiger partial charge in [0.1, 0.15) is 5.00 Å². The summed E-state index contributed by atoms with van der Waals surface area (Å²) in [7, 11) is 1.33. The van der Waals surface area contributed by atoms with Crippen molar-refractivity contribution < 1.29 is 14.3 Å². The van der Waals surface area contributed by atoms with Crippen LogP contribution in [0.1, 0.15) is 36.7 Å². The van der Waals surface area contributed by atoms with E-state index in [-0.39, 0.29) is 5.91 Å². The van der Waals surface area contributed by atoms with Gasteiger partial charge in [-0.25, -0.2) is 4.79 Å². The third kappa shape index (κ3) is 4.21. The Morgan fingerprint density at radius 3 is 2.41 bits per heavy atom. The molecule has 0 saturated carbocycles. The molecule has 3 aromatic rings. The first-order valence-corrected chi connectivity index (χ1v) is 9.51. The molecule has 1 N–H and O–H groups in total. The third-order valence-corrected chi connectivity index (χ3v) is 5.72. The molecule has 0 unspecified atom stereocenters. The summed E-state index contributed by atoms with van der Waals surface area (Å²) in [5.41, 5.74) is 2.67. The number of halogens is 1. The summed E-state index contributed by atoms with van der Waals surface area (Å²) < 4.78 is 4.92. The van der Waals surface area contributed by atoms with E-state index >= 15 is 0 Å². The minimum atomic E-state index is -0.475. The van der Waals surface area contributed by atoms with Crippen molar-refractivity contribution in [2.24, 2.45) is 0 Å². The SMILES string of the molecule is COC(=O)c1c(NC(=O)c2ccccc2Cl)sc(Cc2ccccc2)c1C. The van der Waals surface area contributed by atoms with Crippen LogP contribution in [0.15, 0.2) is 54.6 Å². The number of esters is 1. The van der Waals surface area contributed by atoms with Crippen LogP contribution in [0.25, 0.3) is 0 Å². The maximum atomic E-state index is 12.6. The van der Waals surface area contributed by atoms with Gasteiger partial charge in [-0.05, 0) is 30.2 Å². The second kappa shape index (κ2) is 8.37. The molecule has 1 aromatic heterocycles. The topological polar surface area (TPSA) is 55.4 Å². The minimum absolute atomic E-state index is 0.352. The van der Waals surface area contributed by atoms with Crippen molar-refractivity contribution in [3.63, 3.8) is 0 Å². The summed E-state index contributed by atoms with van der Waals surface area (Å²) in [4.78, 5) is 25.9. The molecule has 0 radical (unpaired) electrons. The van der Waals surface area contributed by atoms with Gasteiger partial charge in [0, 0.05) is 11.3 Å². The molecule has 4 nitrogen and oxygen atoms in total. The smallest absolute Gasteiger partial charge is 0.341 e. The van der Waals surface area contributed by atoms with Crippen LogP contribution in [-0.2, 0) is 11.2 Å². The predicted octanol–water partition coefficient (Wildman–Crippen LogP) is 5.34. The van der Waals surface area contributed by atoms with E-state index in [0.29, 0.717) is 27.6 Å². The molecule has 27 heavy (non-hydrogen) atoms. The van der Waals surface area contributed by atoms with Crippen LogP contribution in [0.4, 0.5) is 5.00 Å². The normalized spacial score (nSPS) is 10.5. The molecule has 0 saturated heterocycles. The number of amides is 1. The molecule has 0 aliphatic carbocycles. The number of anilines is 1. The van der Waals surface area contributed by atoms with E-state index in [0.717, 1.165) is 16.0 Å². The van der Waals surface area contributed by atoms with Gasteiger partial charge >= 0.3 is 5.97 Å². The van der Waals surface area contributed by atoms with Crippen LogP contribution < -0.4 is 5.32 Å². The van der Waals surface area contributed by atoms with E-state index in [1.54, 1.807) is 24.3 Å². The first-order valence-electron chi connectivity index (χ1n) is 8.31. The number of carbonyl (C=O) groups excluding carboxylic acids is 2. The quantitative estimate of drug-likeness (QED) is 0.589. The lowest BCUT2D eigenvalue weighted by atomic mass is 10.1. The molecule has 138 valence electrons. The summed E-state index contributed by atoms with van der Waals surface area (Å²) in [6.07, 6.45) is 0.670. The van der Waals surface area contributed by atoms with Gasteiger partial charge in [0.2, 0.25) is 0 Å². The van der Waals surface area contributed by atoms with E-state index in [2.05, 4.69) is 5.32 Å². The number of carbonyl (C=O) groups is 2. The molecule has 2 aromatic carbocycles. The van der Waals surface area contributed by atoms with Crippen molar-refractivity contribution in [3.8, 4) is 0 Å². The first-order chi connectivity index (χ1) is 13.0. The zero-order valence-corrected chi connectivity index (χ0v) is 16.5. The fourth-order valence-electron chi connectivity index (χ4n) is 2.76. The second-order valence-corrected chi connectivity index (χ2v) is 7.45. The van der Waals surface area contributed by atoms with Gasteiger partial charge < -0.3 is 10.1 Å². The number of hydrogen-bond donors (Lipinski definition) is 1. The summed E-state index contributed by atoms with van der Waals surface area (Å²) >= 11 is 7.49. The lowest BCUT2D eigenvalue weighted by Crippen LogP contribution is -2.14. The maximum absolute atomic E-state index is 12.6. The van der Waals surface area contributed by atoms with Gasteiger partial charge in [-0.2, -0.15) is 0 Å². The number of hydrogen-bond acceptors (Lipinski definition) is 4. The highest BCUT2D eigenvalue weighted by atomic mass is 35.5. The third-order valence-electron chi connectivity index (χ3n) is 4.19. The van der Waals surface area contributed by atoms with Crippen LogP contribution in [0, 0.1) is 6.92 Å². The Morgan fingerprint density at radius 2 is 1.74 bits per heavy atom. The van der Waals surface area contributed by atoms with Gasteiger partial charge in [-0.15, -0.1) is 11.3 Å². The highest BCUT2D eigenvalue weighted by molar-refractivity contribution is 7.17. The van der Waals surface area contributed by atoms with Crippen molar-refractivity contribution in [2.75, 3.05) is 12.4 Å². The molecule has 6 heteroatoms. The lowest BCUT2D eigenvalue weighted by Gasteiger charge is -2.07. The number of nitrogens with one attached hydrogen (secondary N) is 1. The van der Waals surface area contributed by atoms with E-state index in [1.807, 2.05) is 37.3 Å². The van der Waals surface area contributed by atoms with Gasteiger partial charge in [0.05, 0.1) is 23.3 Å². The Labute approximate surface area is 166 Å². The van der Waals surface area contributed by atoms with Crippen molar-refractivity contribution >= 4 is 39.8 Å². The number of thiophene rings is 1. The fourth-order valence-corrected chi connectivity index (χ4v) is 4.21. The number of benzene rings is 2. The monoisotopic (exact) mass is 399 g/mol. The first kappa shape index (κ1) is 19.1. The molecule has 0 spiro atoms. The van der Waals surface area contributed by atoms with E-state index in [1.165, 1.54) is 18.4 Å². The Hall–Kier alpha value is -2.63. The molecule has 0 atom stereocenters. The maximum Gasteiger partial charge on any atom is 0.341 e. The average Bonchev–Trinajstić information content (AvgIpc) is 2.97. The Bertz CT molecular complexity index is 982. The van der Waals surface area contributed by atoms with Gasteiger partial charge in [-0.1, -0.05) is 54.1 Å². The fraction of sp³-hybridized carbons (Fsp3) is 0.143. The van der Waals surface area contributed by atoms with Gasteiger partial charge in [0.25, 0.3) is 5.91 Å². The van der Waals surface area contributed by atoms with Crippen molar-refractivity contribution in [2.45, 2.75) is 13.3 Å². The summed E-state index contributed by atoms with van der Waals surface area (Å²) in [6, 6.07) is 16.7. The number of rotatable bonds is 5. The molecule has 0 bridgehead atoms. The van der Waals surface area contributed by atoms with Crippen molar-refractivity contribution in [1.29, 1.82) is 0 Å². The summed E-state index contributed by atoms with van der Waals surface area (Å²) in [5.74, 6) is -0.837. The highest BCUT2D eigenvalue weighted by Gasteiger charge is 2.24. The molecular weight excluding hydrogens is 382 g/mol. The zero-order valence-electron chi connectivity index (χ0n) is 14.9. The molecule has 0 aliphatic rings. The van der Waals surface area contributed by atoms with Crippen molar-refractivity contribution in [1.82, 2.24) is 0 Å². The zero-order chi connectivity index (χ0) is 19.4.